The second-order valence-corrected chi connectivity index (χ2v) is 7.28. The van der Waals surface area contributed by atoms with E-state index in [0.29, 0.717) is 5.41 Å². The predicted octanol–water partition coefficient (Wildman–Crippen LogP) is 3.28. The molecule has 0 aliphatic carbocycles. The summed E-state index contributed by atoms with van der Waals surface area (Å²) in [6.07, 6.45) is 0. The molecule has 1 N–H and O–H groups in total. The number of thioether (sulfide) groups is 1. The van der Waals surface area contributed by atoms with E-state index in [1.165, 1.54) is 9.75 Å². The van der Waals surface area contributed by atoms with E-state index in [0.717, 1.165) is 24.0 Å². The molecule has 16 heavy (non-hydrogen) atoms. The topological polar surface area (TPSA) is 24.4 Å². The zero-order valence-electron chi connectivity index (χ0n) is 10.0. The number of rotatable bonds is 2. The minimum absolute atomic E-state index is 0.357. The van der Waals surface area contributed by atoms with Crippen LogP contribution in [-0.4, -0.2) is 17.5 Å². The molecule has 1 aromatic heterocycles. The van der Waals surface area contributed by atoms with Crippen LogP contribution in [-0.2, 0) is 6.54 Å². The first-order valence-corrected chi connectivity index (χ1v) is 7.32. The summed E-state index contributed by atoms with van der Waals surface area (Å²) < 4.78 is 0. The van der Waals surface area contributed by atoms with E-state index in [1.807, 2.05) is 23.1 Å². The standard InChI is InChI=1S/C12H18N2S2/c1-9-4-5-10(16-9)6-13-11-14-7-12(2,3)8-15-11/h4-5H,6-8H2,1-3H3,(H,13,14). The summed E-state index contributed by atoms with van der Waals surface area (Å²) in [6, 6.07) is 4.35. The van der Waals surface area contributed by atoms with Gasteiger partial charge < -0.3 is 5.32 Å². The molecule has 0 saturated carbocycles. The molecule has 0 amide bonds. The molecule has 0 bridgehead atoms. The number of amidine groups is 1. The summed E-state index contributed by atoms with van der Waals surface area (Å²) in [4.78, 5) is 7.33. The average Bonchev–Trinajstić information content (AvgIpc) is 2.63. The van der Waals surface area contributed by atoms with Crippen molar-refractivity contribution in [3.05, 3.63) is 21.9 Å². The maximum absolute atomic E-state index is 4.58. The summed E-state index contributed by atoms with van der Waals surface area (Å²) in [5, 5.41) is 4.51. The molecule has 0 saturated heterocycles. The Balaban J connectivity index is 1.85. The van der Waals surface area contributed by atoms with Crippen LogP contribution in [0, 0.1) is 12.3 Å². The Bertz CT molecular complexity index is 393. The van der Waals surface area contributed by atoms with Crippen molar-refractivity contribution in [2.24, 2.45) is 10.4 Å². The average molecular weight is 254 g/mol. The van der Waals surface area contributed by atoms with Gasteiger partial charge in [-0.15, -0.1) is 11.3 Å². The van der Waals surface area contributed by atoms with Crippen LogP contribution in [0.15, 0.2) is 17.1 Å². The lowest BCUT2D eigenvalue weighted by Crippen LogP contribution is -2.30. The highest BCUT2D eigenvalue weighted by molar-refractivity contribution is 8.13. The SMILES string of the molecule is Cc1ccc(CNC2=NCC(C)(C)CS2)s1. The molecule has 1 aromatic rings. The second-order valence-electron chi connectivity index (χ2n) is 4.94. The Morgan fingerprint density at radius 1 is 1.44 bits per heavy atom. The van der Waals surface area contributed by atoms with E-state index < -0.39 is 0 Å². The maximum atomic E-state index is 4.58. The van der Waals surface area contributed by atoms with Crippen LogP contribution in [0.4, 0.5) is 0 Å². The Labute approximate surface area is 106 Å². The Hall–Kier alpha value is -0.480. The normalized spacial score (nSPS) is 19.3. The Kier molecular flexibility index (Phi) is 3.60. The fourth-order valence-electron chi connectivity index (χ4n) is 1.49. The highest BCUT2D eigenvalue weighted by atomic mass is 32.2. The quantitative estimate of drug-likeness (QED) is 0.876. The van der Waals surface area contributed by atoms with E-state index in [-0.39, 0.29) is 0 Å². The van der Waals surface area contributed by atoms with Gasteiger partial charge in [-0.25, -0.2) is 0 Å². The van der Waals surface area contributed by atoms with Crippen LogP contribution in [0.25, 0.3) is 0 Å². The fourth-order valence-corrected chi connectivity index (χ4v) is 3.27. The first-order chi connectivity index (χ1) is 7.55. The Morgan fingerprint density at radius 3 is 2.81 bits per heavy atom. The van der Waals surface area contributed by atoms with Crippen LogP contribution in [0.2, 0.25) is 0 Å². The lowest BCUT2D eigenvalue weighted by Gasteiger charge is -2.27. The number of aryl methyl sites for hydroxylation is 1. The predicted molar refractivity (Wildman–Crippen MR) is 74.4 cm³/mol. The van der Waals surface area contributed by atoms with E-state index in [2.05, 4.69) is 43.2 Å². The van der Waals surface area contributed by atoms with Gasteiger partial charge in [0.25, 0.3) is 0 Å². The van der Waals surface area contributed by atoms with Gasteiger partial charge in [0, 0.05) is 22.1 Å². The van der Waals surface area contributed by atoms with Crippen LogP contribution in [0.1, 0.15) is 23.6 Å². The molecule has 2 nitrogen and oxygen atoms in total. The molecule has 1 aliphatic rings. The minimum atomic E-state index is 0.357. The largest absolute Gasteiger partial charge is 0.360 e. The van der Waals surface area contributed by atoms with Crippen molar-refractivity contribution in [1.82, 2.24) is 5.32 Å². The summed E-state index contributed by atoms with van der Waals surface area (Å²) in [5.41, 5.74) is 0.357. The number of hydrogen-bond donors (Lipinski definition) is 1. The molecule has 0 aromatic carbocycles. The van der Waals surface area contributed by atoms with Gasteiger partial charge in [-0.05, 0) is 24.5 Å². The summed E-state index contributed by atoms with van der Waals surface area (Å²) >= 11 is 3.69. The summed E-state index contributed by atoms with van der Waals surface area (Å²) in [6.45, 7) is 8.52. The zero-order valence-corrected chi connectivity index (χ0v) is 11.7. The van der Waals surface area contributed by atoms with Crippen LogP contribution >= 0.6 is 23.1 Å². The van der Waals surface area contributed by atoms with Crippen LogP contribution in [0.5, 0.6) is 0 Å². The maximum Gasteiger partial charge on any atom is 0.156 e. The molecule has 0 fully saturated rings. The smallest absolute Gasteiger partial charge is 0.156 e. The van der Waals surface area contributed by atoms with Gasteiger partial charge >= 0.3 is 0 Å². The van der Waals surface area contributed by atoms with Gasteiger partial charge in [-0.3, -0.25) is 4.99 Å². The van der Waals surface area contributed by atoms with Gasteiger partial charge in [-0.1, -0.05) is 25.6 Å². The highest BCUT2D eigenvalue weighted by Gasteiger charge is 2.23. The molecule has 4 heteroatoms. The molecule has 88 valence electrons. The van der Waals surface area contributed by atoms with Gasteiger partial charge in [-0.2, -0.15) is 0 Å². The fraction of sp³-hybridized carbons (Fsp3) is 0.583. The lowest BCUT2D eigenvalue weighted by atomic mass is 9.97. The third-order valence-corrected chi connectivity index (χ3v) is 4.93. The zero-order chi connectivity index (χ0) is 11.6. The number of aliphatic imine (C=N–C) groups is 1. The van der Waals surface area contributed by atoms with E-state index >= 15 is 0 Å². The molecule has 2 rings (SSSR count). The van der Waals surface area contributed by atoms with Gasteiger partial charge in [0.15, 0.2) is 5.17 Å². The van der Waals surface area contributed by atoms with E-state index in [4.69, 9.17) is 0 Å². The van der Waals surface area contributed by atoms with Crippen molar-refractivity contribution in [2.45, 2.75) is 27.3 Å². The monoisotopic (exact) mass is 254 g/mol. The van der Waals surface area contributed by atoms with Crippen molar-refractivity contribution >= 4 is 28.3 Å². The third kappa shape index (κ3) is 3.25. The van der Waals surface area contributed by atoms with E-state index in [9.17, 15) is 0 Å². The summed E-state index contributed by atoms with van der Waals surface area (Å²) in [5.74, 6) is 1.16. The van der Waals surface area contributed by atoms with Gasteiger partial charge in [0.2, 0.25) is 0 Å². The number of hydrogen-bond acceptors (Lipinski definition) is 4. The molecule has 0 spiro atoms. The molecule has 0 radical (unpaired) electrons. The molecule has 2 heterocycles. The molecular weight excluding hydrogens is 236 g/mol. The lowest BCUT2D eigenvalue weighted by molar-refractivity contribution is 0.436. The van der Waals surface area contributed by atoms with Gasteiger partial charge in [0.05, 0.1) is 6.54 Å². The first-order valence-electron chi connectivity index (χ1n) is 5.52. The number of nitrogens with zero attached hydrogens (tertiary/aromatic N) is 1. The van der Waals surface area contributed by atoms with Crippen molar-refractivity contribution in [1.29, 1.82) is 0 Å². The van der Waals surface area contributed by atoms with Crippen molar-refractivity contribution in [3.8, 4) is 0 Å². The number of thiophene rings is 1. The van der Waals surface area contributed by atoms with Crippen molar-refractivity contribution in [3.63, 3.8) is 0 Å². The minimum Gasteiger partial charge on any atom is -0.360 e. The van der Waals surface area contributed by atoms with Crippen LogP contribution in [0.3, 0.4) is 0 Å². The molecule has 1 aliphatic heterocycles. The van der Waals surface area contributed by atoms with Crippen molar-refractivity contribution in [2.75, 3.05) is 12.3 Å². The summed E-state index contributed by atoms with van der Waals surface area (Å²) in [7, 11) is 0. The van der Waals surface area contributed by atoms with E-state index in [1.54, 1.807) is 0 Å². The second kappa shape index (κ2) is 4.80. The molecule has 0 unspecified atom stereocenters. The number of nitrogens with one attached hydrogen (secondary N) is 1. The third-order valence-electron chi connectivity index (χ3n) is 2.46. The molecule has 0 atom stereocenters. The van der Waals surface area contributed by atoms with Crippen LogP contribution < -0.4 is 5.32 Å². The van der Waals surface area contributed by atoms with Crippen molar-refractivity contribution < 1.29 is 0 Å². The Morgan fingerprint density at radius 2 is 2.25 bits per heavy atom. The first kappa shape index (κ1) is 12.0. The van der Waals surface area contributed by atoms with Gasteiger partial charge in [0.1, 0.15) is 0 Å². The molecular formula is C12H18N2S2. The highest BCUT2D eigenvalue weighted by Crippen LogP contribution is 2.27.